The van der Waals surface area contributed by atoms with Gasteiger partial charge < -0.3 is 14.5 Å². The van der Waals surface area contributed by atoms with Gasteiger partial charge in [0, 0.05) is 26.2 Å². The number of rotatable bonds is 7. The van der Waals surface area contributed by atoms with Crippen molar-refractivity contribution in [2.75, 3.05) is 26.2 Å². The third kappa shape index (κ3) is 5.69. The van der Waals surface area contributed by atoms with Crippen molar-refractivity contribution in [2.24, 2.45) is 0 Å². The molecule has 0 saturated carbocycles. The molecule has 3 rings (SSSR count). The number of amides is 1. The molecular formula is C27H37N3O3Si. The highest BCUT2D eigenvalue weighted by Gasteiger charge is 2.57. The maximum Gasteiger partial charge on any atom is 0.407 e. The zero-order chi connectivity index (χ0) is 25.0. The van der Waals surface area contributed by atoms with Crippen molar-refractivity contribution in [3.8, 4) is 6.07 Å². The van der Waals surface area contributed by atoms with Gasteiger partial charge in [0.2, 0.25) is 0 Å². The summed E-state index contributed by atoms with van der Waals surface area (Å²) in [7, 11) is -2.82. The van der Waals surface area contributed by atoms with Gasteiger partial charge in [-0.15, -0.1) is 0 Å². The predicted molar refractivity (Wildman–Crippen MR) is 138 cm³/mol. The first-order chi connectivity index (χ1) is 15.9. The number of nitriles is 1. The molecular weight excluding hydrogens is 442 g/mol. The van der Waals surface area contributed by atoms with Crippen LogP contribution >= 0.6 is 0 Å². The highest BCUT2D eigenvalue weighted by molar-refractivity contribution is 6.99. The Hall–Kier alpha value is -2.66. The molecule has 0 aromatic heterocycles. The summed E-state index contributed by atoms with van der Waals surface area (Å²) in [5.74, 6) is 0. The van der Waals surface area contributed by atoms with Gasteiger partial charge in [-0.1, -0.05) is 81.4 Å². The molecule has 0 spiro atoms. The molecule has 1 saturated heterocycles. The van der Waals surface area contributed by atoms with E-state index in [-0.39, 0.29) is 5.04 Å². The van der Waals surface area contributed by atoms with E-state index >= 15 is 0 Å². The second-order valence-corrected chi connectivity index (χ2v) is 15.2. The fraction of sp³-hybridized carbons (Fsp3) is 0.481. The number of hydrogen-bond acceptors (Lipinski definition) is 5. The molecule has 34 heavy (non-hydrogen) atoms. The number of alkyl carbamates (subject to hydrolysis) is 1. The van der Waals surface area contributed by atoms with Crippen molar-refractivity contribution in [1.29, 1.82) is 5.26 Å². The van der Waals surface area contributed by atoms with Gasteiger partial charge in [0.05, 0.1) is 6.07 Å². The van der Waals surface area contributed by atoms with Crippen LogP contribution in [-0.4, -0.2) is 56.7 Å². The van der Waals surface area contributed by atoms with Crippen LogP contribution in [0.15, 0.2) is 60.7 Å². The predicted octanol–water partition coefficient (Wildman–Crippen LogP) is 3.67. The molecule has 1 N–H and O–H groups in total. The average molecular weight is 480 g/mol. The van der Waals surface area contributed by atoms with E-state index in [0.29, 0.717) is 26.2 Å². The van der Waals surface area contributed by atoms with E-state index in [1.165, 1.54) is 0 Å². The van der Waals surface area contributed by atoms with Crippen LogP contribution in [0, 0.1) is 11.3 Å². The van der Waals surface area contributed by atoms with E-state index in [2.05, 4.69) is 61.3 Å². The lowest BCUT2D eigenvalue weighted by Crippen LogP contribution is -2.75. The molecule has 0 radical (unpaired) electrons. The largest absolute Gasteiger partial charge is 0.444 e. The minimum absolute atomic E-state index is 0.196. The lowest BCUT2D eigenvalue weighted by atomic mass is 9.96. The summed E-state index contributed by atoms with van der Waals surface area (Å²) in [6.07, 6.45) is -0.428. The molecule has 1 aliphatic heterocycles. The smallest absolute Gasteiger partial charge is 0.407 e. The third-order valence-electron chi connectivity index (χ3n) is 6.02. The SMILES string of the molecule is CC(C)(C)OC(=O)NCCN1CC(C#N)(O[Si](c2ccccc2)(c2ccccc2)C(C)(C)C)C1. The molecule has 1 aliphatic rings. The summed E-state index contributed by atoms with van der Waals surface area (Å²) in [5.41, 5.74) is -1.42. The van der Waals surface area contributed by atoms with E-state index in [0.717, 1.165) is 10.4 Å². The van der Waals surface area contributed by atoms with Crippen LogP contribution < -0.4 is 15.7 Å². The lowest BCUT2D eigenvalue weighted by Gasteiger charge is -2.53. The number of carbonyl (C=O) groups excluding carboxylic acids is 1. The van der Waals surface area contributed by atoms with Gasteiger partial charge in [-0.2, -0.15) is 5.26 Å². The topological polar surface area (TPSA) is 74.6 Å². The van der Waals surface area contributed by atoms with Crippen molar-refractivity contribution < 1.29 is 14.0 Å². The molecule has 182 valence electrons. The van der Waals surface area contributed by atoms with Crippen LogP contribution in [-0.2, 0) is 9.16 Å². The van der Waals surface area contributed by atoms with Crippen LogP contribution in [0.2, 0.25) is 5.04 Å². The number of nitrogens with zero attached hydrogens (tertiary/aromatic N) is 2. The van der Waals surface area contributed by atoms with Gasteiger partial charge in [0.1, 0.15) is 5.60 Å². The van der Waals surface area contributed by atoms with Crippen molar-refractivity contribution in [3.63, 3.8) is 0 Å². The second-order valence-electron chi connectivity index (χ2n) is 11.0. The first-order valence-electron chi connectivity index (χ1n) is 11.8. The first kappa shape index (κ1) is 26.0. The van der Waals surface area contributed by atoms with Crippen LogP contribution in [0.1, 0.15) is 41.5 Å². The molecule has 0 atom stereocenters. The molecule has 1 amide bonds. The van der Waals surface area contributed by atoms with Gasteiger partial charge in [-0.3, -0.25) is 4.90 Å². The molecule has 7 heteroatoms. The number of benzene rings is 2. The number of hydrogen-bond donors (Lipinski definition) is 1. The average Bonchev–Trinajstić information content (AvgIpc) is 2.74. The normalized spacial score (nSPS) is 16.3. The first-order valence-corrected chi connectivity index (χ1v) is 13.7. The molecule has 0 unspecified atom stereocenters. The minimum atomic E-state index is -2.82. The van der Waals surface area contributed by atoms with Crippen LogP contribution in [0.4, 0.5) is 4.79 Å². The fourth-order valence-corrected chi connectivity index (χ4v) is 9.26. The monoisotopic (exact) mass is 479 g/mol. The molecule has 2 aromatic carbocycles. The quantitative estimate of drug-likeness (QED) is 0.614. The molecule has 6 nitrogen and oxygen atoms in total. The highest BCUT2D eigenvalue weighted by Crippen LogP contribution is 2.41. The Kier molecular flexibility index (Phi) is 7.56. The number of carbonyl (C=O) groups is 1. The maximum absolute atomic E-state index is 11.9. The summed E-state index contributed by atoms with van der Waals surface area (Å²) in [6, 6.07) is 23.3. The zero-order valence-corrected chi connectivity index (χ0v) is 22.2. The molecule has 1 fully saturated rings. The molecule has 2 aromatic rings. The van der Waals surface area contributed by atoms with E-state index in [1.54, 1.807) is 0 Å². The Morgan fingerprint density at radius 3 is 1.91 bits per heavy atom. The van der Waals surface area contributed by atoms with Crippen LogP contribution in [0.25, 0.3) is 0 Å². The van der Waals surface area contributed by atoms with Crippen LogP contribution in [0.5, 0.6) is 0 Å². The van der Waals surface area contributed by atoms with Crippen molar-refractivity contribution in [2.45, 2.75) is 57.8 Å². The maximum atomic E-state index is 11.9. The summed E-state index contributed by atoms with van der Waals surface area (Å²) in [5, 5.41) is 15.2. The number of likely N-dealkylation sites (tertiary alicyclic amines) is 1. The van der Waals surface area contributed by atoms with Gasteiger partial charge >= 0.3 is 6.09 Å². The van der Waals surface area contributed by atoms with Gasteiger partial charge in [0.15, 0.2) is 5.60 Å². The highest BCUT2D eigenvalue weighted by atomic mass is 28.4. The van der Waals surface area contributed by atoms with Crippen molar-refractivity contribution >= 4 is 24.8 Å². The van der Waals surface area contributed by atoms with Gasteiger partial charge in [-0.25, -0.2) is 4.79 Å². The van der Waals surface area contributed by atoms with E-state index < -0.39 is 25.6 Å². The summed E-state index contributed by atoms with van der Waals surface area (Å²) < 4.78 is 12.4. The van der Waals surface area contributed by atoms with Gasteiger partial charge in [0.25, 0.3) is 8.32 Å². The van der Waals surface area contributed by atoms with Crippen LogP contribution in [0.3, 0.4) is 0 Å². The standard InChI is InChI=1S/C27H37N3O3Si/c1-25(2,3)32-24(31)29-17-18-30-20-27(19-28,21-30)33-34(26(4,5)6,22-13-9-7-10-14-22)23-15-11-8-12-16-23/h7-16H,17-18,20-21H2,1-6H3,(H,29,31). The van der Waals surface area contributed by atoms with Crippen molar-refractivity contribution in [3.05, 3.63) is 60.7 Å². The Bertz CT molecular complexity index is 962. The number of nitrogens with one attached hydrogen (secondary N) is 1. The Morgan fingerprint density at radius 2 is 1.50 bits per heavy atom. The Labute approximate surface area is 205 Å². The van der Waals surface area contributed by atoms with E-state index in [1.807, 2.05) is 57.2 Å². The lowest BCUT2D eigenvalue weighted by molar-refractivity contribution is -0.0411. The zero-order valence-electron chi connectivity index (χ0n) is 21.2. The summed E-state index contributed by atoms with van der Waals surface area (Å²) in [6.45, 7) is 14.3. The molecule has 0 aliphatic carbocycles. The molecule has 0 bridgehead atoms. The van der Waals surface area contributed by atoms with E-state index in [4.69, 9.17) is 9.16 Å². The third-order valence-corrected chi connectivity index (χ3v) is 11.1. The Balaban J connectivity index is 1.79. The minimum Gasteiger partial charge on any atom is -0.444 e. The van der Waals surface area contributed by atoms with Gasteiger partial charge in [-0.05, 0) is 36.2 Å². The number of ether oxygens (including phenoxy) is 1. The Morgan fingerprint density at radius 1 is 1.00 bits per heavy atom. The second kappa shape index (κ2) is 9.91. The summed E-state index contributed by atoms with van der Waals surface area (Å²) in [4.78, 5) is 14.1. The van der Waals surface area contributed by atoms with Crippen molar-refractivity contribution in [1.82, 2.24) is 10.2 Å². The fourth-order valence-electron chi connectivity index (χ4n) is 4.56. The van der Waals surface area contributed by atoms with E-state index in [9.17, 15) is 10.1 Å². The summed E-state index contributed by atoms with van der Waals surface area (Å²) >= 11 is 0. The molecule has 1 heterocycles.